The molecule has 0 fully saturated rings. The molecular weight excluding hydrogens is 397 g/mol. The maximum absolute atomic E-state index is 12.5. The van der Waals surface area contributed by atoms with Crippen LogP contribution in [0.1, 0.15) is 13.8 Å². The molecule has 0 heterocycles. The van der Waals surface area contributed by atoms with E-state index in [9.17, 15) is 13.2 Å². The third-order valence-electron chi connectivity index (χ3n) is 3.66. The zero-order valence-corrected chi connectivity index (χ0v) is 16.6. The van der Waals surface area contributed by atoms with Crippen molar-refractivity contribution in [3.63, 3.8) is 0 Å². The summed E-state index contributed by atoms with van der Waals surface area (Å²) in [5.74, 6) is 0. The molecule has 0 radical (unpaired) electrons. The molecule has 0 saturated heterocycles. The fourth-order valence-electron chi connectivity index (χ4n) is 2.22. The van der Waals surface area contributed by atoms with Gasteiger partial charge in [-0.3, -0.25) is 4.72 Å². The molecule has 2 aromatic carbocycles. The minimum atomic E-state index is -3.84. The standard InChI is InChI=1S/C17H19Cl2N3O3S/c1-3-22(4-2)17(23)20-12-8-10-13(11-9-12)26(24,25)21-15-7-5-6-14(18)16(15)19/h5-11,21H,3-4H2,1-2H3,(H,20,23). The number of amides is 2. The van der Waals surface area contributed by atoms with E-state index in [4.69, 9.17) is 23.2 Å². The average Bonchev–Trinajstić information content (AvgIpc) is 2.60. The second-order valence-electron chi connectivity index (χ2n) is 5.33. The van der Waals surface area contributed by atoms with Crippen molar-refractivity contribution in [1.29, 1.82) is 0 Å². The smallest absolute Gasteiger partial charge is 0.321 e. The number of nitrogens with zero attached hydrogens (tertiary/aromatic N) is 1. The van der Waals surface area contributed by atoms with Gasteiger partial charge in [0.1, 0.15) is 0 Å². The Kier molecular flexibility index (Phi) is 6.75. The molecule has 0 aliphatic carbocycles. The van der Waals surface area contributed by atoms with E-state index in [0.717, 1.165) is 0 Å². The quantitative estimate of drug-likeness (QED) is 0.719. The number of sulfonamides is 1. The Morgan fingerprint density at radius 2 is 1.65 bits per heavy atom. The number of anilines is 2. The van der Waals surface area contributed by atoms with Gasteiger partial charge >= 0.3 is 6.03 Å². The summed E-state index contributed by atoms with van der Waals surface area (Å²) in [5.41, 5.74) is 0.694. The highest BCUT2D eigenvalue weighted by molar-refractivity contribution is 7.92. The van der Waals surface area contributed by atoms with Crippen LogP contribution >= 0.6 is 23.2 Å². The number of benzene rings is 2. The first-order valence-corrected chi connectivity index (χ1v) is 10.1. The number of rotatable bonds is 6. The lowest BCUT2D eigenvalue weighted by Gasteiger charge is -2.19. The van der Waals surface area contributed by atoms with Crippen molar-refractivity contribution in [2.24, 2.45) is 0 Å². The van der Waals surface area contributed by atoms with Gasteiger partial charge in [-0.05, 0) is 50.2 Å². The summed E-state index contributed by atoms with van der Waals surface area (Å²) >= 11 is 11.9. The first kappa shape index (κ1) is 20.4. The Labute approximate surface area is 163 Å². The Morgan fingerprint density at radius 3 is 2.23 bits per heavy atom. The molecule has 0 spiro atoms. The normalized spacial score (nSPS) is 11.1. The molecule has 2 rings (SSSR count). The third kappa shape index (κ3) is 4.81. The Balaban J connectivity index is 2.16. The molecule has 2 N–H and O–H groups in total. The van der Waals surface area contributed by atoms with Crippen molar-refractivity contribution in [3.8, 4) is 0 Å². The van der Waals surface area contributed by atoms with Gasteiger partial charge in [0.05, 0.1) is 20.6 Å². The maximum Gasteiger partial charge on any atom is 0.321 e. The molecular formula is C17H19Cl2N3O3S. The Morgan fingerprint density at radius 1 is 1.04 bits per heavy atom. The van der Waals surface area contributed by atoms with Crippen molar-refractivity contribution < 1.29 is 13.2 Å². The average molecular weight is 416 g/mol. The molecule has 2 amide bonds. The Hall–Kier alpha value is -1.96. The number of carbonyl (C=O) groups excluding carboxylic acids is 1. The fourth-order valence-corrected chi connectivity index (χ4v) is 3.69. The number of hydrogen-bond acceptors (Lipinski definition) is 3. The molecule has 9 heteroatoms. The Bertz CT molecular complexity index is 883. The van der Waals surface area contributed by atoms with Gasteiger partial charge in [-0.2, -0.15) is 0 Å². The van der Waals surface area contributed by atoms with Gasteiger partial charge in [-0.1, -0.05) is 29.3 Å². The van der Waals surface area contributed by atoms with Crippen LogP contribution in [0.15, 0.2) is 47.4 Å². The lowest BCUT2D eigenvalue weighted by Crippen LogP contribution is -2.34. The van der Waals surface area contributed by atoms with Crippen LogP contribution in [0.3, 0.4) is 0 Å². The second kappa shape index (κ2) is 8.62. The molecule has 0 unspecified atom stereocenters. The van der Waals surface area contributed by atoms with Gasteiger partial charge in [-0.15, -0.1) is 0 Å². The van der Waals surface area contributed by atoms with Crippen LogP contribution in [0.4, 0.5) is 16.2 Å². The van der Waals surface area contributed by atoms with Crippen molar-refractivity contribution in [1.82, 2.24) is 4.90 Å². The van der Waals surface area contributed by atoms with Crippen molar-refractivity contribution >= 4 is 50.6 Å². The summed E-state index contributed by atoms with van der Waals surface area (Å²) < 4.78 is 27.4. The molecule has 0 aliphatic rings. The molecule has 2 aromatic rings. The number of urea groups is 1. The predicted octanol–water partition coefficient (Wildman–Crippen LogP) is 4.67. The number of carbonyl (C=O) groups is 1. The topological polar surface area (TPSA) is 78.5 Å². The largest absolute Gasteiger partial charge is 0.325 e. The summed E-state index contributed by atoms with van der Waals surface area (Å²) in [5, 5.41) is 3.10. The summed E-state index contributed by atoms with van der Waals surface area (Å²) in [4.78, 5) is 13.7. The van der Waals surface area contributed by atoms with Crippen LogP contribution in [-0.4, -0.2) is 32.4 Å². The maximum atomic E-state index is 12.5. The van der Waals surface area contributed by atoms with Crippen LogP contribution in [0, 0.1) is 0 Å². The first-order valence-electron chi connectivity index (χ1n) is 7.91. The fraction of sp³-hybridized carbons (Fsp3) is 0.235. The number of nitrogens with one attached hydrogen (secondary N) is 2. The molecule has 6 nitrogen and oxygen atoms in total. The predicted molar refractivity (Wildman–Crippen MR) is 106 cm³/mol. The van der Waals surface area contributed by atoms with Gasteiger partial charge < -0.3 is 10.2 Å². The van der Waals surface area contributed by atoms with Crippen molar-refractivity contribution in [3.05, 3.63) is 52.5 Å². The molecule has 0 saturated carbocycles. The molecule has 0 aromatic heterocycles. The third-order valence-corrected chi connectivity index (χ3v) is 5.86. The zero-order valence-electron chi connectivity index (χ0n) is 14.3. The van der Waals surface area contributed by atoms with Gasteiger partial charge in [0.25, 0.3) is 10.0 Å². The van der Waals surface area contributed by atoms with E-state index < -0.39 is 10.0 Å². The lowest BCUT2D eigenvalue weighted by molar-refractivity contribution is 0.217. The molecule has 140 valence electrons. The summed E-state index contributed by atoms with van der Waals surface area (Å²) in [7, 11) is -3.84. The highest BCUT2D eigenvalue weighted by atomic mass is 35.5. The zero-order chi connectivity index (χ0) is 19.3. The van der Waals surface area contributed by atoms with Crippen LogP contribution in [0.5, 0.6) is 0 Å². The van der Waals surface area contributed by atoms with E-state index in [1.165, 1.54) is 30.3 Å². The van der Waals surface area contributed by atoms with Crippen molar-refractivity contribution in [2.45, 2.75) is 18.7 Å². The molecule has 0 aliphatic heterocycles. The van der Waals surface area contributed by atoms with Crippen molar-refractivity contribution in [2.75, 3.05) is 23.1 Å². The van der Waals surface area contributed by atoms with E-state index in [1.54, 1.807) is 17.0 Å². The molecule has 0 bridgehead atoms. The van der Waals surface area contributed by atoms with E-state index in [1.807, 2.05) is 13.8 Å². The highest BCUT2D eigenvalue weighted by Crippen LogP contribution is 2.31. The van der Waals surface area contributed by atoms with Gasteiger partial charge in [0.2, 0.25) is 0 Å². The summed E-state index contributed by atoms with van der Waals surface area (Å²) in [6, 6.07) is 10.3. The van der Waals surface area contributed by atoms with Crippen LogP contribution < -0.4 is 10.0 Å². The van der Waals surface area contributed by atoms with Crippen LogP contribution in [0.2, 0.25) is 10.0 Å². The van der Waals surface area contributed by atoms with Crippen LogP contribution in [-0.2, 0) is 10.0 Å². The monoisotopic (exact) mass is 415 g/mol. The highest BCUT2D eigenvalue weighted by Gasteiger charge is 2.17. The second-order valence-corrected chi connectivity index (χ2v) is 7.80. The first-order chi connectivity index (χ1) is 12.3. The van der Waals surface area contributed by atoms with Gasteiger partial charge in [0.15, 0.2) is 0 Å². The summed E-state index contributed by atoms with van der Waals surface area (Å²) in [6.45, 7) is 4.93. The molecule has 26 heavy (non-hydrogen) atoms. The van der Waals surface area contributed by atoms with Gasteiger partial charge in [-0.25, -0.2) is 13.2 Å². The minimum Gasteiger partial charge on any atom is -0.325 e. The lowest BCUT2D eigenvalue weighted by atomic mass is 10.3. The molecule has 0 atom stereocenters. The van der Waals surface area contributed by atoms with Crippen LogP contribution in [0.25, 0.3) is 0 Å². The number of hydrogen-bond donors (Lipinski definition) is 2. The SMILES string of the molecule is CCN(CC)C(=O)Nc1ccc(S(=O)(=O)Nc2cccc(Cl)c2Cl)cc1. The number of halogens is 2. The van der Waals surface area contributed by atoms with E-state index >= 15 is 0 Å². The summed E-state index contributed by atoms with van der Waals surface area (Å²) in [6.07, 6.45) is 0. The van der Waals surface area contributed by atoms with E-state index in [-0.39, 0.29) is 26.7 Å². The van der Waals surface area contributed by atoms with E-state index in [0.29, 0.717) is 18.8 Å². The minimum absolute atomic E-state index is 0.0365. The van der Waals surface area contributed by atoms with Gasteiger partial charge in [0, 0.05) is 18.8 Å². The van der Waals surface area contributed by atoms with E-state index in [2.05, 4.69) is 10.0 Å².